The van der Waals surface area contributed by atoms with Crippen LogP contribution < -0.4 is 0 Å². The lowest BCUT2D eigenvalue weighted by molar-refractivity contribution is 0.119. The summed E-state index contributed by atoms with van der Waals surface area (Å²) in [4.78, 5) is 14.5. The van der Waals surface area contributed by atoms with E-state index in [4.69, 9.17) is 0 Å². The van der Waals surface area contributed by atoms with Crippen LogP contribution in [0.15, 0.2) is 37.1 Å². The van der Waals surface area contributed by atoms with E-state index >= 15 is 0 Å². The van der Waals surface area contributed by atoms with Gasteiger partial charge in [-0.2, -0.15) is 0 Å². The summed E-state index contributed by atoms with van der Waals surface area (Å²) >= 11 is 0. The minimum atomic E-state index is -0.726. The minimum Gasteiger partial charge on any atom is -0.403 e. The molecule has 1 aromatic heterocycles. The minimum absolute atomic E-state index is 0.726. The van der Waals surface area contributed by atoms with Gasteiger partial charge in [-0.15, -0.1) is 0 Å². The highest BCUT2D eigenvalue weighted by Gasteiger charge is 1.95. The predicted molar refractivity (Wildman–Crippen MR) is 74.4 cm³/mol. The van der Waals surface area contributed by atoms with Crippen LogP contribution in [0.25, 0.3) is 0 Å². The molecule has 0 aliphatic heterocycles. The van der Waals surface area contributed by atoms with E-state index in [1.807, 2.05) is 19.3 Å². The van der Waals surface area contributed by atoms with Crippen molar-refractivity contribution in [3.8, 4) is 0 Å². The number of aromatic nitrogens is 2. The second-order valence-electron chi connectivity index (χ2n) is 3.59. The van der Waals surface area contributed by atoms with E-state index in [1.165, 1.54) is 18.9 Å². The van der Waals surface area contributed by atoms with Gasteiger partial charge in [0.15, 0.2) is 0 Å². The Morgan fingerprint density at radius 3 is 2.26 bits per heavy atom. The molecule has 106 valence electrons. The Morgan fingerprint density at radius 2 is 1.89 bits per heavy atom. The summed E-state index contributed by atoms with van der Waals surface area (Å²) in [7, 11) is 0. The van der Waals surface area contributed by atoms with Crippen molar-refractivity contribution < 1.29 is 14.3 Å². The van der Waals surface area contributed by atoms with Crippen LogP contribution in [0.3, 0.4) is 0 Å². The first-order valence-corrected chi connectivity index (χ1v) is 6.23. The molecular formula is C14H22N2O3. The van der Waals surface area contributed by atoms with Gasteiger partial charge in [0, 0.05) is 18.9 Å². The van der Waals surface area contributed by atoms with Crippen LogP contribution >= 0.6 is 0 Å². The fraction of sp³-hybridized carbons (Fsp3) is 0.429. The summed E-state index contributed by atoms with van der Waals surface area (Å²) in [5.41, 5.74) is 0. The molecule has 0 saturated heterocycles. The van der Waals surface area contributed by atoms with Gasteiger partial charge >= 0.3 is 6.16 Å². The highest BCUT2D eigenvalue weighted by atomic mass is 16.7. The Labute approximate surface area is 114 Å². The molecule has 1 rings (SSSR count). The average Bonchev–Trinajstić information content (AvgIpc) is 2.81. The molecule has 0 aliphatic carbocycles. The van der Waals surface area contributed by atoms with Crippen molar-refractivity contribution in [3.63, 3.8) is 0 Å². The average molecular weight is 266 g/mol. The Hall–Kier alpha value is -2.04. The van der Waals surface area contributed by atoms with E-state index in [-0.39, 0.29) is 0 Å². The topological polar surface area (TPSA) is 53.4 Å². The Kier molecular flexibility index (Phi) is 9.88. The monoisotopic (exact) mass is 266 g/mol. The molecule has 0 amide bonds. The number of hydrogen-bond donors (Lipinski definition) is 0. The number of carbonyl (C=O) groups excluding carboxylic acids is 1. The summed E-state index contributed by atoms with van der Waals surface area (Å²) < 4.78 is 11.0. The van der Waals surface area contributed by atoms with Gasteiger partial charge in [0.05, 0.1) is 12.5 Å². The zero-order valence-corrected chi connectivity index (χ0v) is 12.0. The molecule has 0 fully saturated rings. The summed E-state index contributed by atoms with van der Waals surface area (Å²) in [6.45, 7) is 8.76. The van der Waals surface area contributed by atoms with Crippen molar-refractivity contribution in [2.45, 2.75) is 40.7 Å². The summed E-state index contributed by atoms with van der Waals surface area (Å²) in [5, 5.41) is 0. The lowest BCUT2D eigenvalue weighted by Crippen LogP contribution is -1.97. The number of hydrogen-bond acceptors (Lipinski definition) is 4. The van der Waals surface area contributed by atoms with Crippen molar-refractivity contribution in [2.24, 2.45) is 0 Å². The first kappa shape index (κ1) is 17.0. The molecule has 5 nitrogen and oxygen atoms in total. The fourth-order valence-corrected chi connectivity index (χ4v) is 1.16. The van der Waals surface area contributed by atoms with Crippen LogP contribution in [0.1, 0.15) is 33.0 Å². The van der Waals surface area contributed by atoms with E-state index in [0.717, 1.165) is 12.4 Å². The molecule has 0 spiro atoms. The number of nitrogens with zero attached hydrogens (tertiary/aromatic N) is 2. The molecule has 1 aromatic rings. The predicted octanol–water partition coefficient (Wildman–Crippen LogP) is 3.81. The second-order valence-corrected chi connectivity index (χ2v) is 3.59. The highest BCUT2D eigenvalue weighted by molar-refractivity contribution is 5.61. The zero-order chi connectivity index (χ0) is 14.5. The van der Waals surface area contributed by atoms with Gasteiger partial charge in [-0.3, -0.25) is 0 Å². The van der Waals surface area contributed by atoms with E-state index in [2.05, 4.69) is 25.9 Å². The quantitative estimate of drug-likeness (QED) is 0.614. The second kappa shape index (κ2) is 11.1. The number of carbonyl (C=O) groups is 1. The molecule has 0 aliphatic rings. The Bertz CT molecular complexity index is 393. The molecule has 0 radical (unpaired) electrons. The van der Waals surface area contributed by atoms with Crippen LogP contribution in [-0.2, 0) is 16.0 Å². The molecule has 0 aromatic carbocycles. The number of allylic oxidation sites excluding steroid dienone is 2. The fourth-order valence-electron chi connectivity index (χ4n) is 1.16. The van der Waals surface area contributed by atoms with E-state index in [9.17, 15) is 4.79 Å². The number of ether oxygens (including phenoxy) is 2. The summed E-state index contributed by atoms with van der Waals surface area (Å²) in [6, 6.07) is 0. The smallest absolute Gasteiger partial charge is 0.403 e. The lowest BCUT2D eigenvalue weighted by atomic mass is 10.5. The van der Waals surface area contributed by atoms with Gasteiger partial charge in [-0.05, 0) is 27.2 Å². The highest BCUT2D eigenvalue weighted by Crippen LogP contribution is 1.95. The molecule has 0 saturated carbocycles. The van der Waals surface area contributed by atoms with Gasteiger partial charge in [0.1, 0.15) is 5.82 Å². The maximum atomic E-state index is 10.4. The maximum Gasteiger partial charge on any atom is 0.518 e. The first-order valence-electron chi connectivity index (χ1n) is 6.23. The molecule has 19 heavy (non-hydrogen) atoms. The Morgan fingerprint density at radius 1 is 1.32 bits per heavy atom. The van der Waals surface area contributed by atoms with Crippen LogP contribution in [0.4, 0.5) is 4.79 Å². The van der Waals surface area contributed by atoms with Crippen LogP contribution in [0, 0.1) is 6.92 Å². The van der Waals surface area contributed by atoms with Gasteiger partial charge in [-0.25, -0.2) is 9.78 Å². The van der Waals surface area contributed by atoms with Gasteiger partial charge < -0.3 is 14.0 Å². The van der Waals surface area contributed by atoms with Crippen molar-refractivity contribution >= 4 is 6.16 Å². The summed E-state index contributed by atoms with van der Waals surface area (Å²) in [6.07, 6.45) is 10.0. The molecule has 0 N–H and O–H groups in total. The summed E-state index contributed by atoms with van der Waals surface area (Å²) in [5.74, 6) is 1.11. The largest absolute Gasteiger partial charge is 0.518 e. The third-order valence-corrected chi connectivity index (χ3v) is 1.99. The maximum absolute atomic E-state index is 10.4. The molecule has 0 atom stereocenters. The van der Waals surface area contributed by atoms with Gasteiger partial charge in [0.2, 0.25) is 0 Å². The van der Waals surface area contributed by atoms with Crippen molar-refractivity contribution in [1.82, 2.24) is 9.55 Å². The molecule has 0 bridgehead atoms. The van der Waals surface area contributed by atoms with Crippen LogP contribution in [0.5, 0.6) is 0 Å². The third kappa shape index (κ3) is 8.65. The van der Waals surface area contributed by atoms with Crippen molar-refractivity contribution in [3.05, 3.63) is 42.9 Å². The SMILES string of the molecule is CC=COC(=O)OC=CC.CCCn1ccnc1C. The molecule has 1 heterocycles. The number of rotatable bonds is 4. The molecule has 0 unspecified atom stereocenters. The number of imidazole rings is 1. The first-order chi connectivity index (χ1) is 9.15. The normalized spacial score (nSPS) is 10.3. The third-order valence-electron chi connectivity index (χ3n) is 1.99. The molecular weight excluding hydrogens is 244 g/mol. The van der Waals surface area contributed by atoms with Gasteiger partial charge in [0.25, 0.3) is 0 Å². The van der Waals surface area contributed by atoms with Crippen LogP contribution in [0.2, 0.25) is 0 Å². The molecule has 5 heteroatoms. The van der Waals surface area contributed by atoms with E-state index in [1.54, 1.807) is 26.0 Å². The Balaban J connectivity index is 0.000000342. The van der Waals surface area contributed by atoms with Crippen molar-refractivity contribution in [1.29, 1.82) is 0 Å². The van der Waals surface area contributed by atoms with E-state index < -0.39 is 6.16 Å². The lowest BCUT2D eigenvalue weighted by Gasteiger charge is -1.99. The van der Waals surface area contributed by atoms with Crippen molar-refractivity contribution in [2.75, 3.05) is 0 Å². The standard InChI is InChI=1S/C7H12N2.C7H10O3/c1-3-5-9-6-4-8-7(9)2;1-3-5-9-7(8)10-6-4-2/h4,6H,3,5H2,1-2H3;3-6H,1-2H3. The van der Waals surface area contributed by atoms with Gasteiger partial charge in [-0.1, -0.05) is 19.1 Å². The van der Waals surface area contributed by atoms with E-state index in [0.29, 0.717) is 0 Å². The van der Waals surface area contributed by atoms with Crippen LogP contribution in [-0.4, -0.2) is 15.7 Å². The number of aryl methyl sites for hydroxylation is 2. The zero-order valence-electron chi connectivity index (χ0n) is 12.0.